The third kappa shape index (κ3) is 5.75. The lowest BCUT2D eigenvalue weighted by atomic mass is 9.95. The van der Waals surface area contributed by atoms with Crippen molar-refractivity contribution in [3.05, 3.63) is 69.8 Å². The van der Waals surface area contributed by atoms with E-state index < -0.39 is 23.4 Å². The van der Waals surface area contributed by atoms with Gasteiger partial charge in [-0.1, -0.05) is 23.7 Å². The first kappa shape index (κ1) is 29.2. The number of amides is 1. The summed E-state index contributed by atoms with van der Waals surface area (Å²) in [5.74, 6) is -0.811. The molecule has 3 aromatic rings. The Morgan fingerprint density at radius 2 is 1.90 bits per heavy atom. The second-order valence-corrected chi connectivity index (χ2v) is 10.9. The van der Waals surface area contributed by atoms with Crippen LogP contribution < -0.4 is 4.74 Å². The Labute approximate surface area is 245 Å². The van der Waals surface area contributed by atoms with E-state index >= 15 is 0 Å². The molecule has 0 saturated carbocycles. The first-order valence-electron chi connectivity index (χ1n) is 13.1. The lowest BCUT2D eigenvalue weighted by Gasteiger charge is -2.39. The van der Waals surface area contributed by atoms with Crippen LogP contribution in [-0.4, -0.2) is 58.3 Å². The molecule has 1 saturated heterocycles. The summed E-state index contributed by atoms with van der Waals surface area (Å²) >= 11 is 11.8. The summed E-state index contributed by atoms with van der Waals surface area (Å²) in [6.45, 7) is 4.62. The molecule has 2 atom stereocenters. The van der Waals surface area contributed by atoms with Crippen LogP contribution in [0.2, 0.25) is 5.02 Å². The average molecular weight is 609 g/mol. The molecule has 1 aromatic heterocycles. The number of rotatable bonds is 8. The zero-order valence-electron chi connectivity index (χ0n) is 22.6. The van der Waals surface area contributed by atoms with E-state index in [0.29, 0.717) is 47.3 Å². The molecule has 218 valence electrons. The Morgan fingerprint density at radius 1 is 1.15 bits per heavy atom. The van der Waals surface area contributed by atoms with Gasteiger partial charge in [-0.3, -0.25) is 14.2 Å². The minimum atomic E-state index is -3.86. The smallest absolute Gasteiger partial charge is 0.382 e. The van der Waals surface area contributed by atoms with Crippen LogP contribution in [0.3, 0.4) is 0 Å². The molecule has 41 heavy (non-hydrogen) atoms. The first-order valence-corrected chi connectivity index (χ1v) is 13.8. The zero-order chi connectivity index (χ0) is 29.5. The lowest BCUT2D eigenvalue weighted by molar-refractivity contribution is -0.150. The summed E-state index contributed by atoms with van der Waals surface area (Å²) in [7, 11) is 1.55. The molecule has 3 heterocycles. The van der Waals surface area contributed by atoms with Crippen molar-refractivity contribution in [1.82, 2.24) is 19.7 Å². The van der Waals surface area contributed by atoms with E-state index in [4.69, 9.17) is 37.4 Å². The molecule has 0 radical (unpaired) electrons. The van der Waals surface area contributed by atoms with Gasteiger partial charge in [-0.25, -0.2) is 0 Å². The first-order chi connectivity index (χ1) is 19.5. The summed E-state index contributed by atoms with van der Waals surface area (Å²) < 4.78 is 47.4. The van der Waals surface area contributed by atoms with Gasteiger partial charge < -0.3 is 19.1 Å². The van der Waals surface area contributed by atoms with E-state index in [1.807, 2.05) is 13.0 Å². The van der Waals surface area contributed by atoms with Crippen LogP contribution in [0.4, 0.5) is 8.78 Å². The quantitative estimate of drug-likeness (QED) is 0.246. The van der Waals surface area contributed by atoms with Crippen molar-refractivity contribution >= 4 is 35.1 Å². The van der Waals surface area contributed by atoms with E-state index in [9.17, 15) is 18.4 Å². The number of alkyl halides is 3. The van der Waals surface area contributed by atoms with Gasteiger partial charge in [0.25, 0.3) is 0 Å². The largest absolute Gasteiger partial charge is 0.496 e. The predicted octanol–water partition coefficient (Wildman–Crippen LogP) is 5.49. The maximum atomic E-state index is 14.6. The number of hydrogen-bond donors (Lipinski definition) is 0. The van der Waals surface area contributed by atoms with Gasteiger partial charge in [-0.15, -0.1) is 10.2 Å². The molecular weight excluding hydrogens is 581 g/mol. The topological polar surface area (TPSA) is 95.8 Å². The Balaban J connectivity index is 1.54. The van der Waals surface area contributed by atoms with Gasteiger partial charge in [0.2, 0.25) is 11.7 Å². The highest BCUT2D eigenvalue weighted by atomic mass is 35.5. The van der Waals surface area contributed by atoms with E-state index in [2.05, 4.69) is 10.2 Å². The highest BCUT2D eigenvalue weighted by molar-refractivity contribution is 6.30. The maximum Gasteiger partial charge on any atom is 0.382 e. The minimum absolute atomic E-state index is 0.00361. The van der Waals surface area contributed by atoms with Crippen molar-refractivity contribution < 1.29 is 32.6 Å². The predicted molar refractivity (Wildman–Crippen MR) is 145 cm³/mol. The number of nitrogens with zero attached hydrogens (tertiary/aromatic N) is 4. The molecule has 5 rings (SSSR count). The minimum Gasteiger partial charge on any atom is -0.496 e. The summed E-state index contributed by atoms with van der Waals surface area (Å²) in [6.07, 6.45) is -1.90. The van der Waals surface area contributed by atoms with Crippen LogP contribution in [0.25, 0.3) is 5.69 Å². The van der Waals surface area contributed by atoms with Gasteiger partial charge in [-0.2, -0.15) is 8.78 Å². The molecule has 1 amide bonds. The van der Waals surface area contributed by atoms with Crippen LogP contribution in [0.1, 0.15) is 60.3 Å². The summed E-state index contributed by atoms with van der Waals surface area (Å²) in [5, 5.41) is 4.23. The monoisotopic (exact) mass is 608 g/mol. The number of halogens is 4. The lowest BCUT2D eigenvalue weighted by Crippen LogP contribution is -2.51. The summed E-state index contributed by atoms with van der Waals surface area (Å²) in [6, 6.07) is 10.2. The molecule has 2 unspecified atom stereocenters. The van der Waals surface area contributed by atoms with Gasteiger partial charge in [0.1, 0.15) is 18.0 Å². The fourth-order valence-electron chi connectivity index (χ4n) is 5.33. The van der Waals surface area contributed by atoms with E-state index in [0.717, 1.165) is 10.1 Å². The number of carbonyl (C=O) groups is 2. The third-order valence-electron chi connectivity index (χ3n) is 7.30. The highest BCUT2D eigenvalue weighted by Crippen LogP contribution is 2.46. The standard InChI is InChI=1S/C28H28Cl2F2N4O5/c1-4-40-24(38)10-16-13-35(14-16)23(37)12-22-26-33-34-27(28(30,31)32)36(26)20-9-8-17(29)11-19(20)25(41-22)18-6-5-7-21(39-3)15(18)2/h5-9,11,16,22,25H,4,10,12-14H2,1-3H3. The molecule has 9 nitrogen and oxygen atoms in total. The van der Waals surface area contributed by atoms with Crippen molar-refractivity contribution in [3.8, 4) is 11.4 Å². The molecule has 2 aromatic carbocycles. The molecule has 0 spiro atoms. The average Bonchev–Trinajstić information content (AvgIpc) is 3.30. The molecule has 1 fully saturated rings. The van der Waals surface area contributed by atoms with Crippen molar-refractivity contribution in [3.63, 3.8) is 0 Å². The number of aromatic nitrogens is 3. The molecule has 13 heteroatoms. The maximum absolute atomic E-state index is 14.6. The molecule has 0 bridgehead atoms. The molecule has 2 aliphatic rings. The second kappa shape index (κ2) is 11.5. The van der Waals surface area contributed by atoms with Crippen molar-refractivity contribution in [2.45, 2.75) is 44.3 Å². The molecule has 2 aliphatic heterocycles. The van der Waals surface area contributed by atoms with E-state index in [1.165, 1.54) is 0 Å². The van der Waals surface area contributed by atoms with Crippen molar-refractivity contribution in [1.29, 1.82) is 0 Å². The number of methoxy groups -OCH3 is 1. The van der Waals surface area contributed by atoms with Crippen LogP contribution >= 0.6 is 23.2 Å². The van der Waals surface area contributed by atoms with Crippen LogP contribution in [0.15, 0.2) is 36.4 Å². The van der Waals surface area contributed by atoms with Crippen LogP contribution in [0, 0.1) is 12.8 Å². The highest BCUT2D eigenvalue weighted by Gasteiger charge is 2.43. The van der Waals surface area contributed by atoms with Crippen LogP contribution in [0.5, 0.6) is 5.75 Å². The van der Waals surface area contributed by atoms with Crippen molar-refractivity contribution in [2.24, 2.45) is 5.92 Å². The number of hydrogen-bond acceptors (Lipinski definition) is 7. The fourth-order valence-corrected chi connectivity index (χ4v) is 5.63. The van der Waals surface area contributed by atoms with E-state index in [1.54, 1.807) is 49.3 Å². The summed E-state index contributed by atoms with van der Waals surface area (Å²) in [5.41, 5.74) is 2.22. The number of likely N-dealkylation sites (tertiary alicyclic amines) is 1. The number of benzene rings is 2. The van der Waals surface area contributed by atoms with Crippen LogP contribution in [-0.2, 0) is 24.4 Å². The SMILES string of the molecule is CCOC(=O)CC1CN(C(=O)CC2OC(c3cccc(OC)c3C)c3cc(Cl)ccc3-n3c2nnc3C(F)(F)Cl)C1. The van der Waals surface area contributed by atoms with Gasteiger partial charge in [0.15, 0.2) is 5.82 Å². The van der Waals surface area contributed by atoms with Gasteiger partial charge in [0.05, 0.1) is 32.2 Å². The van der Waals surface area contributed by atoms with Gasteiger partial charge in [-0.05, 0) is 60.8 Å². The Hall–Kier alpha value is -3.28. The van der Waals surface area contributed by atoms with Gasteiger partial charge >= 0.3 is 11.4 Å². The summed E-state index contributed by atoms with van der Waals surface area (Å²) in [4.78, 5) is 26.8. The number of fused-ring (bicyclic) bond motifs is 3. The molecular formula is C28H28Cl2F2N4O5. The Kier molecular flexibility index (Phi) is 8.22. The van der Waals surface area contributed by atoms with Gasteiger partial charge in [0, 0.05) is 29.6 Å². The van der Waals surface area contributed by atoms with Crippen molar-refractivity contribution in [2.75, 3.05) is 26.8 Å². The third-order valence-corrected chi connectivity index (χ3v) is 7.71. The zero-order valence-corrected chi connectivity index (χ0v) is 24.1. The van der Waals surface area contributed by atoms with E-state index in [-0.39, 0.29) is 36.5 Å². The fraction of sp³-hybridized carbons (Fsp3) is 0.429. The second-order valence-electron chi connectivity index (χ2n) is 9.98. The Morgan fingerprint density at radius 3 is 2.59 bits per heavy atom. The number of ether oxygens (including phenoxy) is 3. The molecule has 0 aliphatic carbocycles. The Bertz CT molecular complexity index is 1470. The molecule has 0 N–H and O–H groups in total. The number of carbonyl (C=O) groups excluding carboxylic acids is 2. The normalized spacial score (nSPS) is 18.7. The number of esters is 1.